The lowest BCUT2D eigenvalue weighted by molar-refractivity contribution is 0.0955. The highest BCUT2D eigenvalue weighted by Crippen LogP contribution is 2.36. The molecular weight excluding hydrogens is 446 g/mol. The second-order valence-corrected chi connectivity index (χ2v) is 8.27. The molecule has 0 saturated heterocycles. The zero-order valence-corrected chi connectivity index (χ0v) is 17.2. The highest BCUT2D eigenvalue weighted by molar-refractivity contribution is 7.92. The largest absolute Gasteiger partial charge is 0.504 e. The minimum atomic E-state index is -4.01. The van der Waals surface area contributed by atoms with Gasteiger partial charge in [0.15, 0.2) is 11.5 Å². The molecule has 11 heteroatoms. The second-order valence-electron chi connectivity index (χ2n) is 6.18. The van der Waals surface area contributed by atoms with Crippen LogP contribution in [0.5, 0.6) is 17.2 Å². The first-order chi connectivity index (χ1) is 14.7. The number of halogens is 1. The first-order valence-electron chi connectivity index (χ1n) is 8.64. The van der Waals surface area contributed by atoms with Gasteiger partial charge in [-0.2, -0.15) is 5.10 Å². The van der Waals surface area contributed by atoms with Crippen LogP contribution in [0.3, 0.4) is 0 Å². The fourth-order valence-corrected chi connectivity index (χ4v) is 3.83. The van der Waals surface area contributed by atoms with Crippen molar-refractivity contribution in [3.8, 4) is 17.2 Å². The lowest BCUT2D eigenvalue weighted by Crippen LogP contribution is -2.19. The molecule has 3 rings (SSSR count). The molecule has 0 radical (unpaired) electrons. The van der Waals surface area contributed by atoms with E-state index in [0.717, 1.165) is 18.3 Å². The molecule has 3 aromatic carbocycles. The van der Waals surface area contributed by atoms with E-state index in [1.54, 1.807) is 12.1 Å². The SMILES string of the molecule is O=C(N/N=C/c1ccc(O)c(O)c1O)c1cccc(S(=O)(=O)Nc2ccccc2Cl)c1. The van der Waals surface area contributed by atoms with E-state index < -0.39 is 33.2 Å². The van der Waals surface area contributed by atoms with Crippen molar-refractivity contribution in [1.29, 1.82) is 0 Å². The van der Waals surface area contributed by atoms with Gasteiger partial charge in [0.2, 0.25) is 5.75 Å². The fourth-order valence-electron chi connectivity index (χ4n) is 2.47. The molecule has 9 nitrogen and oxygen atoms in total. The number of carbonyl (C=O) groups excluding carboxylic acids is 1. The molecule has 0 heterocycles. The lowest BCUT2D eigenvalue weighted by Gasteiger charge is -2.10. The number of carbonyl (C=O) groups is 1. The maximum atomic E-state index is 12.6. The minimum Gasteiger partial charge on any atom is -0.504 e. The number of aromatic hydroxyl groups is 3. The van der Waals surface area contributed by atoms with Crippen molar-refractivity contribution >= 4 is 39.4 Å². The van der Waals surface area contributed by atoms with Gasteiger partial charge in [0.1, 0.15) is 0 Å². The van der Waals surface area contributed by atoms with E-state index in [4.69, 9.17) is 11.6 Å². The summed E-state index contributed by atoms with van der Waals surface area (Å²) in [6.07, 6.45) is 1.05. The molecule has 3 aromatic rings. The number of hydrogen-bond acceptors (Lipinski definition) is 7. The van der Waals surface area contributed by atoms with Gasteiger partial charge >= 0.3 is 0 Å². The molecule has 0 spiro atoms. The molecule has 31 heavy (non-hydrogen) atoms. The standard InChI is InChI=1S/C20H16ClN3O6S/c21-15-6-1-2-7-16(15)24-31(29,30)14-5-3-4-12(10-14)20(28)23-22-11-13-8-9-17(25)19(27)18(13)26/h1-11,24-27H,(H,23,28)/b22-11+. The maximum absolute atomic E-state index is 12.6. The van der Waals surface area contributed by atoms with Crippen LogP contribution in [0.15, 0.2) is 70.7 Å². The van der Waals surface area contributed by atoms with Crippen LogP contribution in [0.4, 0.5) is 5.69 Å². The molecule has 0 aromatic heterocycles. The average molecular weight is 462 g/mol. The lowest BCUT2D eigenvalue weighted by atomic mass is 10.2. The Morgan fingerprint density at radius 1 is 0.968 bits per heavy atom. The van der Waals surface area contributed by atoms with Crippen LogP contribution < -0.4 is 10.1 Å². The molecule has 0 bridgehead atoms. The number of anilines is 1. The number of amides is 1. The smallest absolute Gasteiger partial charge is 0.271 e. The van der Waals surface area contributed by atoms with Crippen LogP contribution >= 0.6 is 11.6 Å². The quantitative estimate of drug-likeness (QED) is 0.216. The molecule has 0 saturated carbocycles. The summed E-state index contributed by atoms with van der Waals surface area (Å²) in [5.41, 5.74) is 2.43. The highest BCUT2D eigenvalue weighted by Gasteiger charge is 2.17. The van der Waals surface area contributed by atoms with Gasteiger partial charge in [-0.3, -0.25) is 9.52 Å². The first kappa shape index (κ1) is 21.9. The van der Waals surface area contributed by atoms with E-state index in [9.17, 15) is 28.5 Å². The summed E-state index contributed by atoms with van der Waals surface area (Å²) in [7, 11) is -4.01. The molecule has 0 fully saturated rings. The van der Waals surface area contributed by atoms with E-state index in [1.807, 2.05) is 0 Å². The predicted molar refractivity (Wildman–Crippen MR) is 115 cm³/mol. The van der Waals surface area contributed by atoms with Crippen LogP contribution in [0.25, 0.3) is 0 Å². The van der Waals surface area contributed by atoms with Crippen LogP contribution in [0.1, 0.15) is 15.9 Å². The summed E-state index contributed by atoms with van der Waals surface area (Å²) in [6, 6.07) is 14.0. The number of benzene rings is 3. The Morgan fingerprint density at radius 2 is 1.71 bits per heavy atom. The first-order valence-corrected chi connectivity index (χ1v) is 10.5. The molecule has 0 aliphatic heterocycles. The third-order valence-electron chi connectivity index (χ3n) is 4.06. The molecule has 0 unspecified atom stereocenters. The van der Waals surface area contributed by atoms with E-state index >= 15 is 0 Å². The summed E-state index contributed by atoms with van der Waals surface area (Å²) in [6.45, 7) is 0. The van der Waals surface area contributed by atoms with E-state index in [2.05, 4.69) is 15.2 Å². The summed E-state index contributed by atoms with van der Waals surface area (Å²) in [5, 5.41) is 32.4. The number of para-hydroxylation sites is 1. The number of nitrogens with one attached hydrogen (secondary N) is 2. The van der Waals surface area contributed by atoms with Gasteiger partial charge in [0.25, 0.3) is 15.9 Å². The predicted octanol–water partition coefficient (Wildman–Crippen LogP) is 3.02. The zero-order chi connectivity index (χ0) is 22.6. The number of phenols is 3. The van der Waals surface area contributed by atoms with Gasteiger partial charge in [-0.25, -0.2) is 13.8 Å². The van der Waals surface area contributed by atoms with Crippen molar-refractivity contribution in [3.05, 3.63) is 76.8 Å². The molecular formula is C20H16ClN3O6S. The number of phenolic OH excluding ortho intramolecular Hbond substituents is 3. The van der Waals surface area contributed by atoms with Crippen molar-refractivity contribution < 1.29 is 28.5 Å². The third-order valence-corrected chi connectivity index (χ3v) is 5.75. The topological polar surface area (TPSA) is 148 Å². The molecule has 5 N–H and O–H groups in total. The number of hydrogen-bond donors (Lipinski definition) is 5. The van der Waals surface area contributed by atoms with Crippen molar-refractivity contribution in [2.24, 2.45) is 5.10 Å². The summed E-state index contributed by atoms with van der Waals surface area (Å²) in [4.78, 5) is 12.2. The number of sulfonamides is 1. The van der Waals surface area contributed by atoms with Crippen molar-refractivity contribution in [1.82, 2.24) is 5.43 Å². The van der Waals surface area contributed by atoms with Crippen molar-refractivity contribution in [3.63, 3.8) is 0 Å². The number of rotatable bonds is 6. The Balaban J connectivity index is 1.76. The van der Waals surface area contributed by atoms with Gasteiger partial charge in [0, 0.05) is 11.1 Å². The Hall–Kier alpha value is -3.76. The monoisotopic (exact) mass is 461 g/mol. The zero-order valence-electron chi connectivity index (χ0n) is 15.7. The average Bonchev–Trinajstić information content (AvgIpc) is 2.75. The van der Waals surface area contributed by atoms with Gasteiger partial charge in [-0.1, -0.05) is 29.8 Å². The Morgan fingerprint density at radius 3 is 2.45 bits per heavy atom. The highest BCUT2D eigenvalue weighted by atomic mass is 35.5. The van der Waals surface area contributed by atoms with Gasteiger partial charge in [0.05, 0.1) is 21.8 Å². The third kappa shape index (κ3) is 5.05. The van der Waals surface area contributed by atoms with Gasteiger partial charge < -0.3 is 15.3 Å². The summed E-state index contributed by atoms with van der Waals surface area (Å²) >= 11 is 5.98. The Bertz CT molecular complexity index is 1280. The maximum Gasteiger partial charge on any atom is 0.271 e. The van der Waals surface area contributed by atoms with Crippen molar-refractivity contribution in [2.75, 3.05) is 4.72 Å². The summed E-state index contributed by atoms with van der Waals surface area (Å²) in [5.74, 6) is -2.56. The van der Waals surface area contributed by atoms with E-state index in [-0.39, 0.29) is 26.7 Å². The van der Waals surface area contributed by atoms with Crippen LogP contribution in [-0.2, 0) is 10.0 Å². The molecule has 0 atom stereocenters. The van der Waals surface area contributed by atoms with E-state index in [0.29, 0.717) is 0 Å². The Kier molecular flexibility index (Phi) is 6.33. The van der Waals surface area contributed by atoms with E-state index in [1.165, 1.54) is 36.4 Å². The van der Waals surface area contributed by atoms with Crippen LogP contribution in [0.2, 0.25) is 5.02 Å². The van der Waals surface area contributed by atoms with Gasteiger partial charge in [-0.15, -0.1) is 0 Å². The van der Waals surface area contributed by atoms with Crippen LogP contribution in [0, 0.1) is 0 Å². The molecule has 0 aliphatic carbocycles. The molecule has 1 amide bonds. The second kappa shape index (κ2) is 8.94. The Labute approximate surface area is 182 Å². The van der Waals surface area contributed by atoms with Gasteiger partial charge in [-0.05, 0) is 42.5 Å². The van der Waals surface area contributed by atoms with Crippen LogP contribution in [-0.4, -0.2) is 35.9 Å². The fraction of sp³-hybridized carbons (Fsp3) is 0. The van der Waals surface area contributed by atoms with Crippen molar-refractivity contribution in [2.45, 2.75) is 4.90 Å². The molecule has 0 aliphatic rings. The minimum absolute atomic E-state index is 0.0111. The molecule has 160 valence electrons. The number of hydrazone groups is 1. The summed E-state index contributed by atoms with van der Waals surface area (Å²) < 4.78 is 27.6. The number of nitrogens with zero attached hydrogens (tertiary/aromatic N) is 1. The normalized spacial score (nSPS) is 11.4.